The van der Waals surface area contributed by atoms with E-state index in [1.165, 1.54) is 0 Å². The highest BCUT2D eigenvalue weighted by molar-refractivity contribution is 7.97. The molecule has 4 rings (SSSR count). The van der Waals surface area contributed by atoms with Crippen LogP contribution in [0.1, 0.15) is 11.1 Å². The summed E-state index contributed by atoms with van der Waals surface area (Å²) < 4.78 is 8.71. The highest BCUT2D eigenvalue weighted by Gasteiger charge is 2.47. The van der Waals surface area contributed by atoms with Crippen molar-refractivity contribution in [3.8, 4) is 5.75 Å². The van der Waals surface area contributed by atoms with Crippen molar-refractivity contribution in [2.24, 2.45) is 5.73 Å². The summed E-state index contributed by atoms with van der Waals surface area (Å²) in [5, 5.41) is 9.04. The van der Waals surface area contributed by atoms with E-state index in [2.05, 4.69) is 16.4 Å². The largest absolute Gasteiger partial charge is 0.480 e. The van der Waals surface area contributed by atoms with Gasteiger partial charge in [0.15, 0.2) is 5.60 Å². The van der Waals surface area contributed by atoms with Gasteiger partial charge in [0.1, 0.15) is 11.8 Å². The Bertz CT molecular complexity index is 992. The molecule has 6 heteroatoms. The first-order valence-electron chi connectivity index (χ1n) is 9.84. The van der Waals surface area contributed by atoms with E-state index in [4.69, 9.17) is 15.6 Å². The van der Waals surface area contributed by atoms with Crippen molar-refractivity contribution in [1.29, 1.82) is 0 Å². The van der Waals surface area contributed by atoms with Gasteiger partial charge in [-0.15, -0.1) is 0 Å². The average Bonchev–Trinajstić information content (AvgIpc) is 2.73. The molecule has 5 nitrogen and oxygen atoms in total. The lowest BCUT2D eigenvalue weighted by Gasteiger charge is -2.49. The van der Waals surface area contributed by atoms with E-state index in [9.17, 15) is 4.79 Å². The van der Waals surface area contributed by atoms with Crippen LogP contribution in [0.3, 0.4) is 0 Å². The number of hydrogen-bond donors (Lipinski definition) is 2. The number of carboxylic acid groups (broad SMARTS) is 1. The second-order valence-corrected chi connectivity index (χ2v) is 8.63. The van der Waals surface area contributed by atoms with Gasteiger partial charge in [-0.25, -0.2) is 4.31 Å². The molecule has 0 radical (unpaired) electrons. The van der Waals surface area contributed by atoms with Gasteiger partial charge in [-0.1, -0.05) is 60.7 Å². The fourth-order valence-corrected chi connectivity index (χ4v) is 4.76. The molecule has 0 bridgehead atoms. The van der Waals surface area contributed by atoms with Gasteiger partial charge in [-0.2, -0.15) is 0 Å². The quantitative estimate of drug-likeness (QED) is 0.538. The molecule has 0 aromatic heterocycles. The molecule has 1 aliphatic rings. The van der Waals surface area contributed by atoms with Gasteiger partial charge in [0.05, 0.1) is 13.1 Å². The van der Waals surface area contributed by atoms with E-state index >= 15 is 0 Å². The number of rotatable bonds is 8. The molecule has 1 unspecified atom stereocenters. The highest BCUT2D eigenvalue weighted by atomic mass is 32.2. The van der Waals surface area contributed by atoms with Crippen LogP contribution in [-0.4, -0.2) is 34.5 Å². The molecule has 1 aliphatic heterocycles. The fraction of sp³-hybridized carbons (Fsp3) is 0.208. The van der Waals surface area contributed by atoms with Crippen LogP contribution in [0, 0.1) is 0 Å². The van der Waals surface area contributed by atoms with Crippen molar-refractivity contribution >= 4 is 17.9 Å². The molecule has 1 atom stereocenters. The average molecular weight is 421 g/mol. The first-order valence-corrected chi connectivity index (χ1v) is 10.6. The number of para-hydroxylation sites is 1. The molecule has 3 N–H and O–H groups in total. The summed E-state index contributed by atoms with van der Waals surface area (Å²) in [5.74, 6) is -0.128. The van der Waals surface area contributed by atoms with E-state index in [0.29, 0.717) is 6.42 Å². The Morgan fingerprint density at radius 3 is 2.37 bits per heavy atom. The van der Waals surface area contributed by atoms with Gasteiger partial charge in [0.2, 0.25) is 0 Å². The highest BCUT2D eigenvalue weighted by Crippen LogP contribution is 2.42. The molecular weight excluding hydrogens is 396 g/mol. The summed E-state index contributed by atoms with van der Waals surface area (Å²) in [6.45, 7) is 1.49. The van der Waals surface area contributed by atoms with E-state index in [1.54, 1.807) is 11.9 Å². The molecule has 30 heavy (non-hydrogen) atoms. The lowest BCUT2D eigenvalue weighted by molar-refractivity contribution is -0.138. The first-order chi connectivity index (χ1) is 14.5. The molecular formula is C24H24N2O3S. The number of benzene rings is 3. The zero-order chi connectivity index (χ0) is 21.0. The third-order valence-electron chi connectivity index (χ3n) is 5.13. The van der Waals surface area contributed by atoms with Crippen molar-refractivity contribution in [3.63, 3.8) is 0 Å². The molecule has 0 aliphatic carbocycles. The standard InChI is InChI=1S/C24H24N2O3S/c25-22(23(27)28)15-18-8-7-13-21(14-18)30-26-16-24(17-26,19-9-3-1-4-10-19)29-20-11-5-2-6-12-20/h1-14,22H,15-17,25H2,(H,27,28). The molecule has 3 aromatic carbocycles. The predicted octanol–water partition coefficient (Wildman–Crippen LogP) is 3.94. The van der Waals surface area contributed by atoms with Gasteiger partial charge < -0.3 is 15.6 Å². The fourth-order valence-electron chi connectivity index (χ4n) is 3.57. The summed E-state index contributed by atoms with van der Waals surface area (Å²) >= 11 is 1.65. The number of nitrogens with two attached hydrogens (primary N) is 1. The Kier molecular flexibility index (Phi) is 6.08. The Morgan fingerprint density at radius 2 is 1.70 bits per heavy atom. The number of carbonyl (C=O) groups is 1. The van der Waals surface area contributed by atoms with Crippen molar-refractivity contribution in [2.45, 2.75) is 23.0 Å². The summed E-state index contributed by atoms with van der Waals surface area (Å²) in [4.78, 5) is 12.1. The Hall–Kier alpha value is -2.80. The van der Waals surface area contributed by atoms with E-state index < -0.39 is 12.0 Å². The number of hydrogen-bond acceptors (Lipinski definition) is 5. The maximum atomic E-state index is 11.0. The second kappa shape index (κ2) is 8.92. The van der Waals surface area contributed by atoms with E-state index in [1.807, 2.05) is 72.8 Å². The minimum Gasteiger partial charge on any atom is -0.480 e. The van der Waals surface area contributed by atoms with Crippen LogP contribution in [0.5, 0.6) is 5.75 Å². The molecule has 0 spiro atoms. The summed E-state index contributed by atoms with van der Waals surface area (Å²) in [6.07, 6.45) is 0.314. The van der Waals surface area contributed by atoms with Crippen LogP contribution in [0.25, 0.3) is 0 Å². The predicted molar refractivity (Wildman–Crippen MR) is 118 cm³/mol. The summed E-state index contributed by atoms with van der Waals surface area (Å²) in [6, 6.07) is 27.2. The number of carboxylic acids is 1. The minimum atomic E-state index is -0.985. The van der Waals surface area contributed by atoms with Crippen molar-refractivity contribution in [2.75, 3.05) is 13.1 Å². The molecule has 1 heterocycles. The van der Waals surface area contributed by atoms with Gasteiger partial charge in [0, 0.05) is 4.90 Å². The number of nitrogens with zero attached hydrogens (tertiary/aromatic N) is 1. The molecule has 0 saturated carbocycles. The molecule has 1 fully saturated rings. The SMILES string of the molecule is NC(Cc1cccc(SN2CC(Oc3ccccc3)(c3ccccc3)C2)c1)C(=O)O. The van der Waals surface area contributed by atoms with Crippen LogP contribution in [0.4, 0.5) is 0 Å². The third-order valence-corrected chi connectivity index (χ3v) is 6.11. The smallest absolute Gasteiger partial charge is 0.320 e. The molecule has 1 saturated heterocycles. The normalized spacial score (nSPS) is 16.4. The molecule has 154 valence electrons. The number of ether oxygens (including phenoxy) is 1. The van der Waals surface area contributed by atoms with Crippen LogP contribution < -0.4 is 10.5 Å². The van der Waals surface area contributed by atoms with Crippen molar-refractivity contribution < 1.29 is 14.6 Å². The zero-order valence-corrected chi connectivity index (χ0v) is 17.3. The molecule has 0 amide bonds. The summed E-state index contributed by atoms with van der Waals surface area (Å²) in [7, 11) is 0. The first kappa shape index (κ1) is 20.5. The maximum absolute atomic E-state index is 11.0. The van der Waals surface area contributed by atoms with Gasteiger partial charge in [-0.3, -0.25) is 4.79 Å². The monoisotopic (exact) mass is 420 g/mol. The third kappa shape index (κ3) is 4.67. The van der Waals surface area contributed by atoms with Crippen LogP contribution in [0.2, 0.25) is 0 Å². The Labute approximate surface area is 180 Å². The Morgan fingerprint density at radius 1 is 1.03 bits per heavy atom. The van der Waals surface area contributed by atoms with Crippen LogP contribution >= 0.6 is 11.9 Å². The minimum absolute atomic E-state index is 0.314. The number of aliphatic carboxylic acids is 1. The van der Waals surface area contributed by atoms with Crippen molar-refractivity contribution in [1.82, 2.24) is 4.31 Å². The van der Waals surface area contributed by atoms with Crippen molar-refractivity contribution in [3.05, 3.63) is 96.1 Å². The lowest BCUT2D eigenvalue weighted by Crippen LogP contribution is -2.59. The second-order valence-electron chi connectivity index (χ2n) is 7.46. The van der Waals surface area contributed by atoms with Crippen LogP contribution in [0.15, 0.2) is 89.8 Å². The maximum Gasteiger partial charge on any atom is 0.320 e. The van der Waals surface area contributed by atoms with Crippen LogP contribution in [-0.2, 0) is 16.8 Å². The topological polar surface area (TPSA) is 75.8 Å². The van der Waals surface area contributed by atoms with Gasteiger partial charge in [-0.05, 0) is 53.8 Å². The van der Waals surface area contributed by atoms with E-state index in [-0.39, 0.29) is 5.60 Å². The lowest BCUT2D eigenvalue weighted by atomic mass is 9.87. The van der Waals surface area contributed by atoms with E-state index in [0.717, 1.165) is 34.9 Å². The Balaban J connectivity index is 1.46. The molecule has 3 aromatic rings. The zero-order valence-electron chi connectivity index (χ0n) is 16.5. The summed E-state index contributed by atoms with van der Waals surface area (Å²) in [5.41, 5.74) is 7.37. The van der Waals surface area contributed by atoms with Gasteiger partial charge in [0.25, 0.3) is 0 Å². The van der Waals surface area contributed by atoms with Gasteiger partial charge >= 0.3 is 5.97 Å².